The number of nitrogens with one attached hydrogen (secondary N) is 1. The van der Waals surface area contributed by atoms with Crippen LogP contribution in [0, 0.1) is 18.2 Å². The SMILES string of the molecule is [C-]#[N+]N1CC(Nc2nc(OCC34CCCN3CCC4)nc3c(F)c(-c4ccc(F)c5sc(N)nc45)c(Cl)cc23)C1. The zero-order valence-corrected chi connectivity index (χ0v) is 23.0. The van der Waals surface area contributed by atoms with Crippen molar-refractivity contribution in [2.24, 2.45) is 0 Å². The molecule has 3 N–H and O–H groups in total. The lowest BCUT2D eigenvalue weighted by atomic mass is 9.95. The number of nitrogen functional groups attached to an aromatic ring is 1. The third kappa shape index (κ3) is 4.06. The van der Waals surface area contributed by atoms with E-state index in [1.54, 1.807) is 11.1 Å². The molecule has 2 aromatic heterocycles. The van der Waals surface area contributed by atoms with Crippen LogP contribution < -0.4 is 15.8 Å². The van der Waals surface area contributed by atoms with E-state index in [0.717, 1.165) is 50.1 Å². The number of nitrogens with zero attached hydrogens (tertiary/aromatic N) is 6. The summed E-state index contributed by atoms with van der Waals surface area (Å²) in [5.41, 5.74) is 6.47. The second-order valence-electron chi connectivity index (χ2n) is 10.6. The Morgan fingerprint density at radius 1 is 1.18 bits per heavy atom. The summed E-state index contributed by atoms with van der Waals surface area (Å²) in [4.78, 5) is 19.3. The molecule has 40 heavy (non-hydrogen) atoms. The van der Waals surface area contributed by atoms with E-state index in [1.165, 1.54) is 12.1 Å². The Labute approximate surface area is 237 Å². The number of hydrogen-bond donors (Lipinski definition) is 2. The number of fused-ring (bicyclic) bond motifs is 3. The van der Waals surface area contributed by atoms with Crippen molar-refractivity contribution in [3.8, 4) is 17.1 Å². The molecule has 4 aromatic rings. The van der Waals surface area contributed by atoms with E-state index in [1.807, 2.05) is 0 Å². The molecule has 5 heterocycles. The smallest absolute Gasteiger partial charge is 0.319 e. The third-order valence-electron chi connectivity index (χ3n) is 8.27. The lowest BCUT2D eigenvalue weighted by molar-refractivity contribution is 0.108. The maximum Gasteiger partial charge on any atom is 0.319 e. The van der Waals surface area contributed by atoms with Crippen LogP contribution in [-0.2, 0) is 0 Å². The first kappa shape index (κ1) is 25.4. The first-order chi connectivity index (χ1) is 19.3. The van der Waals surface area contributed by atoms with Gasteiger partial charge in [-0.3, -0.25) is 4.90 Å². The highest BCUT2D eigenvalue weighted by Crippen LogP contribution is 2.43. The Bertz CT molecular complexity index is 1690. The molecule has 0 amide bonds. The molecule has 0 spiro atoms. The number of aromatic nitrogens is 3. The number of thiazole rings is 1. The Balaban J connectivity index is 1.33. The predicted octanol–water partition coefficient (Wildman–Crippen LogP) is 5.36. The maximum absolute atomic E-state index is 16.5. The van der Waals surface area contributed by atoms with Gasteiger partial charge in [-0.2, -0.15) is 21.5 Å². The topological polar surface area (TPSA) is 96.8 Å². The first-order valence-electron chi connectivity index (χ1n) is 13.2. The number of hydrogen-bond acceptors (Lipinski definition) is 9. The van der Waals surface area contributed by atoms with Crippen molar-refractivity contribution in [3.05, 3.63) is 46.4 Å². The number of rotatable bonds is 6. The molecule has 7 rings (SSSR count). The lowest BCUT2D eigenvalue weighted by Crippen LogP contribution is -2.51. The summed E-state index contributed by atoms with van der Waals surface area (Å²) in [6.45, 7) is 10.7. The Kier molecular flexibility index (Phi) is 6.07. The van der Waals surface area contributed by atoms with Crippen LogP contribution in [0.5, 0.6) is 6.01 Å². The molecule has 3 saturated heterocycles. The number of nitrogens with two attached hydrogens (primary N) is 1. The van der Waals surface area contributed by atoms with E-state index >= 15 is 4.39 Å². The standard InChI is InChI=1S/C27H25ClF2N8OS/c1-32-38-11-14(12-38)33-24-16-10-17(28)19(15-4-5-18(29)23-22(15)34-25(31)40-23)20(30)21(16)35-26(36-24)39-13-27-6-2-8-37(27)9-3-7-27/h4-5,10,14H,2-3,6-9,11-13H2,(H2,31,34)(H,33,35,36). The quantitative estimate of drug-likeness (QED) is 0.293. The molecule has 0 saturated carbocycles. The van der Waals surface area contributed by atoms with E-state index in [0.29, 0.717) is 36.5 Å². The molecular formula is C27H25ClF2N8OS. The van der Waals surface area contributed by atoms with Crippen LogP contribution in [0.3, 0.4) is 0 Å². The minimum atomic E-state index is -0.685. The van der Waals surface area contributed by atoms with Gasteiger partial charge in [-0.05, 0) is 57.0 Å². The van der Waals surface area contributed by atoms with Crippen molar-refractivity contribution in [1.82, 2.24) is 24.9 Å². The molecule has 3 aliphatic heterocycles. The number of anilines is 2. The molecular weight excluding hydrogens is 558 g/mol. The van der Waals surface area contributed by atoms with Gasteiger partial charge in [-0.1, -0.05) is 22.9 Å². The summed E-state index contributed by atoms with van der Waals surface area (Å²) in [5, 5.41) is 5.58. The molecule has 206 valence electrons. The van der Waals surface area contributed by atoms with Gasteiger partial charge in [-0.25, -0.2) is 13.8 Å². The van der Waals surface area contributed by atoms with Crippen LogP contribution in [0.1, 0.15) is 25.7 Å². The van der Waals surface area contributed by atoms with Gasteiger partial charge in [0.2, 0.25) is 0 Å². The predicted molar refractivity (Wildman–Crippen MR) is 151 cm³/mol. The minimum Gasteiger partial charge on any atom is -0.461 e. The zero-order chi connectivity index (χ0) is 27.6. The van der Waals surface area contributed by atoms with Crippen molar-refractivity contribution in [1.29, 1.82) is 0 Å². The molecule has 0 unspecified atom stereocenters. The maximum atomic E-state index is 16.5. The number of benzene rings is 2. The molecule has 13 heteroatoms. The lowest BCUT2D eigenvalue weighted by Gasteiger charge is -2.32. The van der Waals surface area contributed by atoms with E-state index in [-0.39, 0.29) is 49.0 Å². The highest BCUT2D eigenvalue weighted by molar-refractivity contribution is 7.22. The Hall–Kier alpha value is -3.53. The normalized spacial score (nSPS) is 18.7. The van der Waals surface area contributed by atoms with Gasteiger partial charge in [0.1, 0.15) is 36.8 Å². The Morgan fingerprint density at radius 3 is 2.70 bits per heavy atom. The summed E-state index contributed by atoms with van der Waals surface area (Å²) in [6.07, 6.45) is 4.34. The van der Waals surface area contributed by atoms with Crippen LogP contribution in [-0.4, -0.2) is 69.2 Å². The third-order valence-corrected chi connectivity index (χ3v) is 9.46. The first-order valence-corrected chi connectivity index (χ1v) is 14.4. The Morgan fingerprint density at radius 2 is 1.95 bits per heavy atom. The fraction of sp³-hybridized carbons (Fsp3) is 0.407. The van der Waals surface area contributed by atoms with Gasteiger partial charge in [0.25, 0.3) is 0 Å². The van der Waals surface area contributed by atoms with Crippen LogP contribution in [0.4, 0.5) is 19.7 Å². The highest BCUT2D eigenvalue weighted by atomic mass is 35.5. The molecule has 3 fully saturated rings. The van der Waals surface area contributed by atoms with E-state index in [9.17, 15) is 4.39 Å². The summed E-state index contributed by atoms with van der Waals surface area (Å²) >= 11 is 7.67. The molecule has 0 atom stereocenters. The van der Waals surface area contributed by atoms with Gasteiger partial charge in [0.05, 0.1) is 26.8 Å². The fourth-order valence-corrected chi connectivity index (χ4v) is 7.33. The van der Waals surface area contributed by atoms with Crippen LogP contribution in [0.15, 0.2) is 18.2 Å². The molecule has 0 bridgehead atoms. The molecule has 9 nitrogen and oxygen atoms in total. The largest absolute Gasteiger partial charge is 0.461 e. The summed E-state index contributed by atoms with van der Waals surface area (Å²) in [7, 11) is 0. The summed E-state index contributed by atoms with van der Waals surface area (Å²) < 4.78 is 37.4. The average Bonchev–Trinajstić information content (AvgIpc) is 3.60. The molecule has 0 aliphatic carbocycles. The highest BCUT2D eigenvalue weighted by Gasteiger charge is 2.45. The second-order valence-corrected chi connectivity index (χ2v) is 12.1. The monoisotopic (exact) mass is 582 g/mol. The van der Waals surface area contributed by atoms with Crippen molar-refractivity contribution < 1.29 is 13.5 Å². The van der Waals surface area contributed by atoms with Gasteiger partial charge < -0.3 is 15.8 Å². The van der Waals surface area contributed by atoms with Crippen molar-refractivity contribution in [2.45, 2.75) is 37.3 Å². The van der Waals surface area contributed by atoms with E-state index < -0.39 is 11.6 Å². The summed E-state index contributed by atoms with van der Waals surface area (Å²) in [5.74, 6) is -0.789. The van der Waals surface area contributed by atoms with E-state index in [4.69, 9.17) is 28.6 Å². The van der Waals surface area contributed by atoms with E-state index in [2.05, 4.69) is 30.1 Å². The van der Waals surface area contributed by atoms with Crippen LogP contribution in [0.2, 0.25) is 5.02 Å². The minimum absolute atomic E-state index is 0.0288. The molecule has 0 radical (unpaired) electrons. The average molecular weight is 583 g/mol. The van der Waals surface area contributed by atoms with Crippen LogP contribution >= 0.6 is 22.9 Å². The van der Waals surface area contributed by atoms with Crippen molar-refractivity contribution in [2.75, 3.05) is 43.8 Å². The molecule has 3 aliphatic rings. The number of halogens is 3. The van der Waals surface area contributed by atoms with Gasteiger partial charge >= 0.3 is 6.01 Å². The number of ether oxygens (including phenoxy) is 1. The van der Waals surface area contributed by atoms with Crippen molar-refractivity contribution >= 4 is 55.0 Å². The molecule has 2 aromatic carbocycles. The van der Waals surface area contributed by atoms with Crippen LogP contribution in [0.25, 0.3) is 37.2 Å². The van der Waals surface area contributed by atoms with Gasteiger partial charge in [-0.15, -0.1) is 5.01 Å². The summed E-state index contributed by atoms with van der Waals surface area (Å²) in [6, 6.07) is 4.33. The second kappa shape index (κ2) is 9.54. The fourth-order valence-electron chi connectivity index (χ4n) is 6.27. The zero-order valence-electron chi connectivity index (χ0n) is 21.4. The van der Waals surface area contributed by atoms with Gasteiger partial charge in [0.15, 0.2) is 10.9 Å². The van der Waals surface area contributed by atoms with Crippen molar-refractivity contribution in [3.63, 3.8) is 0 Å². The van der Waals surface area contributed by atoms with Gasteiger partial charge in [0, 0.05) is 16.5 Å².